The molecule has 0 radical (unpaired) electrons. The van der Waals surface area contributed by atoms with Gasteiger partial charge in [0.15, 0.2) is 0 Å². The predicted molar refractivity (Wildman–Crippen MR) is 172 cm³/mol. The second kappa shape index (κ2) is 16.9. The van der Waals surface area contributed by atoms with E-state index in [9.17, 15) is 4.79 Å². The zero-order chi connectivity index (χ0) is 29.6. The van der Waals surface area contributed by atoms with Crippen LogP contribution in [0.3, 0.4) is 0 Å². The summed E-state index contributed by atoms with van der Waals surface area (Å²) in [7, 11) is 0. The van der Waals surface area contributed by atoms with Gasteiger partial charge >= 0.3 is 0 Å². The van der Waals surface area contributed by atoms with Crippen LogP contribution in [0.25, 0.3) is 0 Å². The SMILES string of the molecule is CCN(CC)CCCOc1ccc(N(CC2CCCCC2)C(=O)[C@H](N)Cc2ccc(OCc3ccccc3)cc2)cc1. The van der Waals surface area contributed by atoms with E-state index in [1.54, 1.807) is 0 Å². The number of carbonyl (C=O) groups is 1. The Morgan fingerprint density at radius 3 is 2.14 bits per heavy atom. The summed E-state index contributed by atoms with van der Waals surface area (Å²) in [6.45, 7) is 9.46. The van der Waals surface area contributed by atoms with Crippen molar-refractivity contribution in [3.8, 4) is 11.5 Å². The minimum absolute atomic E-state index is 0.0298. The van der Waals surface area contributed by atoms with Crippen LogP contribution in [0.4, 0.5) is 5.69 Å². The van der Waals surface area contributed by atoms with E-state index >= 15 is 0 Å². The molecule has 42 heavy (non-hydrogen) atoms. The maximum absolute atomic E-state index is 13.8. The Bertz CT molecular complexity index is 1170. The minimum atomic E-state index is -0.624. The van der Waals surface area contributed by atoms with E-state index in [2.05, 4.69) is 18.7 Å². The second-order valence-electron chi connectivity index (χ2n) is 11.4. The van der Waals surface area contributed by atoms with Crippen molar-refractivity contribution in [2.24, 2.45) is 11.7 Å². The molecule has 2 N–H and O–H groups in total. The molecule has 1 aliphatic rings. The lowest BCUT2D eigenvalue weighted by atomic mass is 9.88. The van der Waals surface area contributed by atoms with Crippen LogP contribution >= 0.6 is 0 Å². The monoisotopic (exact) mass is 571 g/mol. The maximum Gasteiger partial charge on any atom is 0.244 e. The first kappa shape index (κ1) is 31.6. The number of rotatable bonds is 16. The van der Waals surface area contributed by atoms with E-state index in [1.807, 2.05) is 83.8 Å². The van der Waals surface area contributed by atoms with Crippen LogP contribution in [0.1, 0.15) is 63.5 Å². The van der Waals surface area contributed by atoms with Gasteiger partial charge in [0.2, 0.25) is 5.91 Å². The molecule has 0 saturated heterocycles. The number of nitrogens with two attached hydrogens (primary N) is 1. The molecular formula is C36H49N3O3. The van der Waals surface area contributed by atoms with Crippen molar-refractivity contribution in [2.75, 3.05) is 37.7 Å². The molecule has 0 unspecified atom stereocenters. The fourth-order valence-corrected chi connectivity index (χ4v) is 5.69. The molecule has 226 valence electrons. The molecule has 1 atom stereocenters. The van der Waals surface area contributed by atoms with E-state index in [-0.39, 0.29) is 5.91 Å². The topological polar surface area (TPSA) is 68.0 Å². The van der Waals surface area contributed by atoms with Gasteiger partial charge in [-0.15, -0.1) is 0 Å². The van der Waals surface area contributed by atoms with Gasteiger partial charge < -0.3 is 25.0 Å². The number of benzene rings is 3. The third-order valence-corrected chi connectivity index (χ3v) is 8.31. The average Bonchev–Trinajstić information content (AvgIpc) is 3.04. The lowest BCUT2D eigenvalue weighted by Crippen LogP contribution is -2.47. The number of hydrogen-bond donors (Lipinski definition) is 1. The van der Waals surface area contributed by atoms with Gasteiger partial charge in [-0.3, -0.25) is 4.79 Å². The molecule has 4 rings (SSSR count). The number of anilines is 1. The number of amides is 1. The van der Waals surface area contributed by atoms with Crippen molar-refractivity contribution in [2.45, 2.75) is 71.4 Å². The molecule has 0 bridgehead atoms. The van der Waals surface area contributed by atoms with Crippen LogP contribution < -0.4 is 20.1 Å². The highest BCUT2D eigenvalue weighted by atomic mass is 16.5. The molecule has 0 heterocycles. The van der Waals surface area contributed by atoms with Crippen LogP contribution in [-0.4, -0.2) is 49.6 Å². The zero-order valence-electron chi connectivity index (χ0n) is 25.5. The van der Waals surface area contributed by atoms with E-state index in [1.165, 1.54) is 19.3 Å². The zero-order valence-corrected chi connectivity index (χ0v) is 25.5. The number of carbonyl (C=O) groups excluding carboxylic acids is 1. The Morgan fingerprint density at radius 2 is 1.48 bits per heavy atom. The summed E-state index contributed by atoms with van der Waals surface area (Å²) in [5.74, 6) is 2.11. The van der Waals surface area contributed by atoms with Gasteiger partial charge in [-0.05, 0) is 92.2 Å². The lowest BCUT2D eigenvalue weighted by Gasteiger charge is -2.31. The molecule has 6 nitrogen and oxygen atoms in total. The van der Waals surface area contributed by atoms with Gasteiger partial charge in [-0.2, -0.15) is 0 Å². The van der Waals surface area contributed by atoms with Crippen molar-refractivity contribution in [1.29, 1.82) is 0 Å². The highest BCUT2D eigenvalue weighted by Crippen LogP contribution is 2.28. The maximum atomic E-state index is 13.8. The van der Waals surface area contributed by atoms with Gasteiger partial charge in [-0.1, -0.05) is 75.6 Å². The van der Waals surface area contributed by atoms with Crippen LogP contribution in [0.15, 0.2) is 78.9 Å². The Labute approximate surface area is 252 Å². The molecule has 6 heteroatoms. The molecule has 1 aliphatic carbocycles. The van der Waals surface area contributed by atoms with Gasteiger partial charge in [-0.25, -0.2) is 0 Å². The van der Waals surface area contributed by atoms with Crippen LogP contribution in [0.5, 0.6) is 11.5 Å². The van der Waals surface area contributed by atoms with Gasteiger partial charge in [0.25, 0.3) is 0 Å². The average molecular weight is 572 g/mol. The second-order valence-corrected chi connectivity index (χ2v) is 11.4. The highest BCUT2D eigenvalue weighted by molar-refractivity contribution is 5.97. The Morgan fingerprint density at radius 1 is 0.833 bits per heavy atom. The summed E-state index contributed by atoms with van der Waals surface area (Å²) in [5.41, 5.74) is 9.61. The fourth-order valence-electron chi connectivity index (χ4n) is 5.69. The Kier molecular flexibility index (Phi) is 12.7. The molecule has 3 aromatic rings. The number of ether oxygens (including phenoxy) is 2. The normalized spacial score (nSPS) is 14.5. The molecule has 1 amide bonds. The summed E-state index contributed by atoms with van der Waals surface area (Å²) in [4.78, 5) is 18.1. The minimum Gasteiger partial charge on any atom is -0.494 e. The third kappa shape index (κ3) is 9.88. The Hall–Kier alpha value is -3.35. The van der Waals surface area contributed by atoms with Crippen molar-refractivity contribution in [3.05, 3.63) is 90.0 Å². The van der Waals surface area contributed by atoms with Gasteiger partial charge in [0.05, 0.1) is 12.6 Å². The van der Waals surface area contributed by atoms with Gasteiger partial charge in [0.1, 0.15) is 18.1 Å². The van der Waals surface area contributed by atoms with E-state index in [0.717, 1.165) is 67.2 Å². The largest absolute Gasteiger partial charge is 0.494 e. The van der Waals surface area contributed by atoms with Crippen molar-refractivity contribution in [3.63, 3.8) is 0 Å². The van der Waals surface area contributed by atoms with Gasteiger partial charge in [0, 0.05) is 18.8 Å². The smallest absolute Gasteiger partial charge is 0.244 e. The number of nitrogens with zero attached hydrogens (tertiary/aromatic N) is 2. The van der Waals surface area contributed by atoms with Crippen molar-refractivity contribution in [1.82, 2.24) is 4.90 Å². The van der Waals surface area contributed by atoms with Crippen molar-refractivity contribution < 1.29 is 14.3 Å². The first-order chi connectivity index (χ1) is 20.6. The summed E-state index contributed by atoms with van der Waals surface area (Å²) in [5, 5.41) is 0. The molecule has 0 aliphatic heterocycles. The van der Waals surface area contributed by atoms with Crippen LogP contribution in [0, 0.1) is 5.92 Å². The van der Waals surface area contributed by atoms with Crippen LogP contribution in [-0.2, 0) is 17.8 Å². The third-order valence-electron chi connectivity index (χ3n) is 8.31. The summed E-state index contributed by atoms with van der Waals surface area (Å²) in [6, 6.07) is 25.4. The molecule has 0 aromatic heterocycles. The van der Waals surface area contributed by atoms with Crippen LogP contribution in [0.2, 0.25) is 0 Å². The summed E-state index contributed by atoms with van der Waals surface area (Å²) < 4.78 is 11.9. The Balaban J connectivity index is 1.35. The summed E-state index contributed by atoms with van der Waals surface area (Å²) in [6.07, 6.45) is 7.55. The van der Waals surface area contributed by atoms with E-state index in [4.69, 9.17) is 15.2 Å². The molecular weight excluding hydrogens is 522 g/mol. The molecule has 1 saturated carbocycles. The summed E-state index contributed by atoms with van der Waals surface area (Å²) >= 11 is 0. The first-order valence-corrected chi connectivity index (χ1v) is 15.8. The molecule has 3 aromatic carbocycles. The highest BCUT2D eigenvalue weighted by Gasteiger charge is 2.26. The molecule has 1 fully saturated rings. The van der Waals surface area contributed by atoms with Crippen molar-refractivity contribution >= 4 is 11.6 Å². The lowest BCUT2D eigenvalue weighted by molar-refractivity contribution is -0.120. The van der Waals surface area contributed by atoms with E-state index in [0.29, 0.717) is 32.1 Å². The molecule has 0 spiro atoms. The standard InChI is InChI=1S/C36H49N3O3/c1-3-38(4-2)24-11-25-41-33-22-18-32(19-23-33)39(27-30-12-7-5-8-13-30)36(40)35(37)26-29-16-20-34(21-17-29)42-28-31-14-9-6-10-15-31/h6,9-10,14-23,30,35H,3-5,7-8,11-13,24-28,37H2,1-2H3/t35-/m1/s1. The quantitative estimate of drug-likeness (QED) is 0.190. The number of hydrogen-bond acceptors (Lipinski definition) is 5. The van der Waals surface area contributed by atoms with E-state index < -0.39 is 6.04 Å². The predicted octanol–water partition coefficient (Wildman–Crippen LogP) is 6.86. The fraction of sp³-hybridized carbons (Fsp3) is 0.472. The first-order valence-electron chi connectivity index (χ1n) is 15.8.